The van der Waals surface area contributed by atoms with Crippen molar-refractivity contribution >= 4 is 0 Å². The van der Waals surface area contributed by atoms with Crippen molar-refractivity contribution in [1.82, 2.24) is 5.32 Å². The maximum atomic E-state index is 6.21. The molecule has 1 aliphatic heterocycles. The lowest BCUT2D eigenvalue weighted by Crippen LogP contribution is -2.40. The molecule has 2 fully saturated rings. The smallest absolute Gasteiger partial charge is 0.0631 e. The van der Waals surface area contributed by atoms with Gasteiger partial charge >= 0.3 is 0 Å². The second-order valence-corrected chi connectivity index (χ2v) is 7.40. The van der Waals surface area contributed by atoms with Crippen LogP contribution in [0.2, 0.25) is 0 Å². The summed E-state index contributed by atoms with van der Waals surface area (Å²) in [6.45, 7) is 6.80. The molecule has 0 bridgehead atoms. The molecule has 2 aliphatic rings. The topological polar surface area (TPSA) is 21.3 Å². The van der Waals surface area contributed by atoms with Crippen molar-refractivity contribution in [2.24, 2.45) is 11.8 Å². The predicted octanol–water partition coefficient (Wildman–Crippen LogP) is 4.14. The molecule has 2 heteroatoms. The van der Waals surface area contributed by atoms with E-state index >= 15 is 0 Å². The van der Waals surface area contributed by atoms with E-state index in [9.17, 15) is 0 Å². The van der Waals surface area contributed by atoms with E-state index in [0.717, 1.165) is 17.9 Å². The highest BCUT2D eigenvalue weighted by Crippen LogP contribution is 2.39. The van der Waals surface area contributed by atoms with Gasteiger partial charge in [0.1, 0.15) is 0 Å². The van der Waals surface area contributed by atoms with Crippen LogP contribution in [-0.4, -0.2) is 24.8 Å². The molecule has 4 unspecified atom stereocenters. The molecule has 2 rings (SSSR count). The van der Waals surface area contributed by atoms with Crippen molar-refractivity contribution in [1.29, 1.82) is 0 Å². The summed E-state index contributed by atoms with van der Waals surface area (Å²) in [6.07, 6.45) is 11.2. The molecule has 0 radical (unpaired) electrons. The maximum absolute atomic E-state index is 6.21. The van der Waals surface area contributed by atoms with E-state index in [1.165, 1.54) is 51.4 Å². The van der Waals surface area contributed by atoms with E-state index in [4.69, 9.17) is 4.74 Å². The van der Waals surface area contributed by atoms with E-state index in [0.29, 0.717) is 6.10 Å². The summed E-state index contributed by atoms with van der Waals surface area (Å²) in [4.78, 5) is 0. The number of hydrogen-bond acceptors (Lipinski definition) is 2. The molecule has 0 aromatic heterocycles. The van der Waals surface area contributed by atoms with Crippen LogP contribution in [0.25, 0.3) is 0 Å². The maximum Gasteiger partial charge on any atom is 0.0631 e. The fraction of sp³-hybridized carbons (Fsp3) is 1.00. The Kier molecular flexibility index (Phi) is 5.30. The second kappa shape index (κ2) is 6.58. The molecular weight excluding hydrogens is 234 g/mol. The SMILES string of the molecule is CCCC1CCC(NC)C(CC2CCC(C)(C)O2)C1. The summed E-state index contributed by atoms with van der Waals surface area (Å²) in [7, 11) is 2.14. The second-order valence-electron chi connectivity index (χ2n) is 7.40. The minimum atomic E-state index is 0.122. The highest BCUT2D eigenvalue weighted by Gasteiger charge is 2.36. The molecule has 4 atom stereocenters. The van der Waals surface area contributed by atoms with Crippen molar-refractivity contribution in [2.75, 3.05) is 7.05 Å². The van der Waals surface area contributed by atoms with E-state index in [2.05, 4.69) is 33.1 Å². The third-order valence-electron chi connectivity index (χ3n) is 5.28. The van der Waals surface area contributed by atoms with E-state index in [-0.39, 0.29) is 5.60 Å². The number of nitrogens with one attached hydrogen (secondary N) is 1. The first-order valence-electron chi connectivity index (χ1n) is 8.39. The summed E-state index contributed by atoms with van der Waals surface area (Å²) in [5, 5.41) is 3.56. The fourth-order valence-corrected chi connectivity index (χ4v) is 4.25. The van der Waals surface area contributed by atoms with E-state index < -0.39 is 0 Å². The Morgan fingerprint density at radius 1 is 1.21 bits per heavy atom. The minimum absolute atomic E-state index is 0.122. The van der Waals surface area contributed by atoms with Crippen LogP contribution < -0.4 is 5.32 Å². The lowest BCUT2D eigenvalue weighted by molar-refractivity contribution is -0.0304. The molecule has 0 amide bonds. The molecule has 112 valence electrons. The van der Waals surface area contributed by atoms with Crippen LogP contribution in [0.3, 0.4) is 0 Å². The Morgan fingerprint density at radius 3 is 2.58 bits per heavy atom. The molecule has 1 saturated carbocycles. The van der Waals surface area contributed by atoms with Crippen molar-refractivity contribution < 1.29 is 4.74 Å². The Balaban J connectivity index is 1.88. The van der Waals surface area contributed by atoms with Gasteiger partial charge in [-0.2, -0.15) is 0 Å². The number of hydrogen-bond donors (Lipinski definition) is 1. The van der Waals surface area contributed by atoms with Crippen LogP contribution in [0.15, 0.2) is 0 Å². The van der Waals surface area contributed by atoms with Gasteiger partial charge < -0.3 is 10.1 Å². The Labute approximate surface area is 119 Å². The summed E-state index contributed by atoms with van der Waals surface area (Å²) in [5.41, 5.74) is 0.122. The molecule has 0 aromatic carbocycles. The van der Waals surface area contributed by atoms with Crippen LogP contribution in [0.4, 0.5) is 0 Å². The molecular formula is C17H33NO. The van der Waals surface area contributed by atoms with Gasteiger partial charge in [-0.05, 0) is 71.3 Å². The largest absolute Gasteiger partial charge is 0.372 e. The van der Waals surface area contributed by atoms with Crippen LogP contribution in [0, 0.1) is 11.8 Å². The summed E-state index contributed by atoms with van der Waals surface area (Å²) >= 11 is 0. The van der Waals surface area contributed by atoms with Crippen molar-refractivity contribution in [3.63, 3.8) is 0 Å². The standard InChI is InChI=1S/C17H33NO/c1-5-6-13-7-8-16(18-4)14(11-13)12-15-9-10-17(2,3)19-15/h13-16,18H,5-12H2,1-4H3. The zero-order valence-electron chi connectivity index (χ0n) is 13.4. The van der Waals surface area contributed by atoms with Gasteiger partial charge in [-0.25, -0.2) is 0 Å². The first-order chi connectivity index (χ1) is 9.04. The molecule has 1 heterocycles. The van der Waals surface area contributed by atoms with Crippen LogP contribution in [0.1, 0.15) is 72.1 Å². The van der Waals surface area contributed by atoms with Crippen molar-refractivity contribution in [3.05, 3.63) is 0 Å². The average molecular weight is 267 g/mol. The zero-order valence-corrected chi connectivity index (χ0v) is 13.4. The van der Waals surface area contributed by atoms with Gasteiger partial charge in [0.2, 0.25) is 0 Å². The zero-order chi connectivity index (χ0) is 13.9. The molecule has 1 saturated heterocycles. The first-order valence-corrected chi connectivity index (χ1v) is 8.39. The highest BCUT2D eigenvalue weighted by atomic mass is 16.5. The summed E-state index contributed by atoms with van der Waals surface area (Å²) < 4.78 is 6.21. The normalized spacial score (nSPS) is 38.5. The van der Waals surface area contributed by atoms with Crippen molar-refractivity contribution in [2.45, 2.75) is 89.9 Å². The number of ether oxygens (including phenoxy) is 1. The quantitative estimate of drug-likeness (QED) is 0.808. The molecule has 2 nitrogen and oxygen atoms in total. The average Bonchev–Trinajstić information content (AvgIpc) is 2.69. The van der Waals surface area contributed by atoms with E-state index in [1.54, 1.807) is 0 Å². The van der Waals surface area contributed by atoms with Gasteiger partial charge in [-0.3, -0.25) is 0 Å². The third kappa shape index (κ3) is 4.19. The van der Waals surface area contributed by atoms with Gasteiger partial charge in [0.25, 0.3) is 0 Å². The predicted molar refractivity (Wildman–Crippen MR) is 81.4 cm³/mol. The van der Waals surface area contributed by atoms with E-state index in [1.807, 2.05) is 0 Å². The van der Waals surface area contributed by atoms with Gasteiger partial charge in [-0.15, -0.1) is 0 Å². The van der Waals surface area contributed by atoms with Crippen molar-refractivity contribution in [3.8, 4) is 0 Å². The van der Waals surface area contributed by atoms with Gasteiger partial charge in [0.15, 0.2) is 0 Å². The van der Waals surface area contributed by atoms with Crippen LogP contribution in [-0.2, 0) is 4.74 Å². The molecule has 0 spiro atoms. The van der Waals surface area contributed by atoms with Gasteiger partial charge in [0, 0.05) is 6.04 Å². The molecule has 1 N–H and O–H groups in total. The highest BCUT2D eigenvalue weighted by molar-refractivity contribution is 4.89. The summed E-state index contributed by atoms with van der Waals surface area (Å²) in [5.74, 6) is 1.79. The minimum Gasteiger partial charge on any atom is -0.372 e. The molecule has 1 aliphatic carbocycles. The number of rotatable bonds is 5. The Hall–Kier alpha value is -0.0800. The lowest BCUT2D eigenvalue weighted by Gasteiger charge is -2.37. The molecule has 19 heavy (non-hydrogen) atoms. The Morgan fingerprint density at radius 2 is 2.00 bits per heavy atom. The van der Waals surface area contributed by atoms with Crippen LogP contribution in [0.5, 0.6) is 0 Å². The lowest BCUT2D eigenvalue weighted by atomic mass is 9.74. The monoisotopic (exact) mass is 267 g/mol. The van der Waals surface area contributed by atoms with Gasteiger partial charge in [-0.1, -0.05) is 19.8 Å². The van der Waals surface area contributed by atoms with Crippen LogP contribution >= 0.6 is 0 Å². The molecule has 0 aromatic rings. The Bertz CT molecular complexity index is 276. The fourth-order valence-electron chi connectivity index (χ4n) is 4.25. The first kappa shape index (κ1) is 15.3. The van der Waals surface area contributed by atoms with Gasteiger partial charge in [0.05, 0.1) is 11.7 Å². The third-order valence-corrected chi connectivity index (χ3v) is 5.28. The summed E-state index contributed by atoms with van der Waals surface area (Å²) in [6, 6.07) is 0.723.